The molecule has 1 aromatic carbocycles. The fourth-order valence-corrected chi connectivity index (χ4v) is 3.09. The van der Waals surface area contributed by atoms with Crippen LogP contribution < -0.4 is 19.9 Å². The number of amides is 2. The van der Waals surface area contributed by atoms with Gasteiger partial charge in [-0.15, -0.1) is 0 Å². The molecule has 2 amide bonds. The number of ether oxygens (including phenoxy) is 1. The molecule has 0 bridgehead atoms. The van der Waals surface area contributed by atoms with E-state index in [1.807, 2.05) is 24.3 Å². The SMILES string of the molecule is CNC(=O)CN(C)C(=O)C[NH+]1CC[NH+](CCOc2ccc(Cl)cc2)CC1. The maximum atomic E-state index is 12.2. The molecule has 1 fully saturated rings. The van der Waals surface area contributed by atoms with E-state index in [0.29, 0.717) is 18.2 Å². The first kappa shape index (κ1) is 20.5. The molecule has 1 aliphatic heterocycles. The summed E-state index contributed by atoms with van der Waals surface area (Å²) in [5.74, 6) is 0.701. The lowest BCUT2D eigenvalue weighted by atomic mass is 10.3. The highest BCUT2D eigenvalue weighted by Gasteiger charge is 2.26. The number of benzene rings is 1. The largest absolute Gasteiger partial charge is 0.488 e. The van der Waals surface area contributed by atoms with Gasteiger partial charge in [0.25, 0.3) is 5.91 Å². The van der Waals surface area contributed by atoms with Crippen LogP contribution in [0.2, 0.25) is 5.02 Å². The topological polar surface area (TPSA) is 67.5 Å². The van der Waals surface area contributed by atoms with Crippen LogP contribution >= 0.6 is 11.6 Å². The van der Waals surface area contributed by atoms with Crippen molar-refractivity contribution in [1.29, 1.82) is 0 Å². The predicted molar refractivity (Wildman–Crippen MR) is 99.8 cm³/mol. The minimum Gasteiger partial charge on any atom is -0.488 e. The first-order valence-corrected chi connectivity index (χ1v) is 9.35. The zero-order chi connectivity index (χ0) is 18.9. The monoisotopic (exact) mass is 384 g/mol. The molecular weight excluding hydrogens is 356 g/mol. The second-order valence-electron chi connectivity index (χ2n) is 6.65. The Hall–Kier alpha value is -1.83. The lowest BCUT2D eigenvalue weighted by Crippen LogP contribution is -3.28. The quantitative estimate of drug-likeness (QED) is 0.472. The van der Waals surface area contributed by atoms with Gasteiger partial charge in [-0.25, -0.2) is 0 Å². The molecule has 7 nitrogen and oxygen atoms in total. The van der Waals surface area contributed by atoms with Crippen molar-refractivity contribution in [3.05, 3.63) is 29.3 Å². The number of nitrogens with one attached hydrogen (secondary N) is 3. The Balaban J connectivity index is 1.63. The number of carbonyl (C=O) groups excluding carboxylic acids is 2. The Labute approximate surface area is 159 Å². The zero-order valence-electron chi connectivity index (χ0n) is 15.5. The van der Waals surface area contributed by atoms with Crippen LogP contribution in [-0.2, 0) is 9.59 Å². The fraction of sp³-hybridized carbons (Fsp3) is 0.556. The fourth-order valence-electron chi connectivity index (χ4n) is 2.96. The van der Waals surface area contributed by atoms with E-state index >= 15 is 0 Å². The van der Waals surface area contributed by atoms with Gasteiger partial charge in [-0.3, -0.25) is 9.59 Å². The van der Waals surface area contributed by atoms with Crippen LogP contribution in [0.5, 0.6) is 5.75 Å². The number of rotatable bonds is 8. The molecule has 0 spiro atoms. The molecule has 3 N–H and O–H groups in total. The van der Waals surface area contributed by atoms with Crippen molar-refractivity contribution in [2.45, 2.75) is 0 Å². The molecule has 0 saturated carbocycles. The zero-order valence-corrected chi connectivity index (χ0v) is 16.3. The molecule has 0 atom stereocenters. The molecule has 144 valence electrons. The standard InChI is InChI=1S/C18H27ClN4O3/c1-20-17(24)13-21(2)18(25)14-23-9-7-22(8-10-23)11-12-26-16-5-3-15(19)4-6-16/h3-6H,7-14H2,1-2H3,(H,20,24)/p+2. The van der Waals surface area contributed by atoms with Crippen LogP contribution in [0.3, 0.4) is 0 Å². The van der Waals surface area contributed by atoms with Crippen molar-refractivity contribution in [3.63, 3.8) is 0 Å². The van der Waals surface area contributed by atoms with E-state index in [9.17, 15) is 9.59 Å². The molecule has 1 heterocycles. The summed E-state index contributed by atoms with van der Waals surface area (Å²) in [7, 11) is 3.25. The number of halogens is 1. The van der Waals surface area contributed by atoms with E-state index in [0.717, 1.165) is 38.5 Å². The lowest BCUT2D eigenvalue weighted by Gasteiger charge is -2.30. The van der Waals surface area contributed by atoms with Crippen LogP contribution in [0.4, 0.5) is 0 Å². The molecule has 26 heavy (non-hydrogen) atoms. The third kappa shape index (κ3) is 6.82. The summed E-state index contributed by atoms with van der Waals surface area (Å²) in [6.45, 7) is 6.12. The van der Waals surface area contributed by atoms with Crippen LogP contribution in [0.25, 0.3) is 0 Å². The van der Waals surface area contributed by atoms with E-state index in [4.69, 9.17) is 16.3 Å². The normalized spacial score (nSPS) is 19.7. The summed E-state index contributed by atoms with van der Waals surface area (Å²) in [4.78, 5) is 27.8. The summed E-state index contributed by atoms with van der Waals surface area (Å²) in [5, 5.41) is 3.24. The van der Waals surface area contributed by atoms with Gasteiger partial charge in [-0.05, 0) is 24.3 Å². The van der Waals surface area contributed by atoms with Crippen LogP contribution in [0.15, 0.2) is 24.3 Å². The third-order valence-electron chi connectivity index (χ3n) is 4.69. The number of nitrogens with zero attached hydrogens (tertiary/aromatic N) is 1. The minimum absolute atomic E-state index is 0.0121. The molecule has 2 rings (SSSR count). The molecular formula is C18H29ClN4O3+2. The summed E-state index contributed by atoms with van der Waals surface area (Å²) in [5.41, 5.74) is 0. The first-order valence-electron chi connectivity index (χ1n) is 8.98. The molecule has 0 radical (unpaired) electrons. The number of carbonyl (C=O) groups is 2. The second-order valence-corrected chi connectivity index (χ2v) is 7.09. The molecule has 0 aliphatic carbocycles. The van der Waals surface area contributed by atoms with Gasteiger partial charge >= 0.3 is 0 Å². The predicted octanol–water partition coefficient (Wildman–Crippen LogP) is -2.29. The van der Waals surface area contributed by atoms with Gasteiger partial charge in [0, 0.05) is 19.1 Å². The molecule has 1 aliphatic rings. The van der Waals surface area contributed by atoms with Gasteiger partial charge in [0.2, 0.25) is 5.91 Å². The summed E-state index contributed by atoms with van der Waals surface area (Å²) < 4.78 is 5.75. The summed E-state index contributed by atoms with van der Waals surface area (Å²) in [6, 6.07) is 7.40. The Morgan fingerprint density at radius 3 is 2.38 bits per heavy atom. The number of hydrogen-bond acceptors (Lipinski definition) is 3. The van der Waals surface area contributed by atoms with E-state index in [-0.39, 0.29) is 18.4 Å². The lowest BCUT2D eigenvalue weighted by molar-refractivity contribution is -1.01. The van der Waals surface area contributed by atoms with Crippen molar-refractivity contribution < 1.29 is 24.1 Å². The number of piperazine rings is 1. The number of hydrogen-bond donors (Lipinski definition) is 3. The highest BCUT2D eigenvalue weighted by molar-refractivity contribution is 6.30. The maximum absolute atomic E-state index is 12.2. The Morgan fingerprint density at radius 2 is 1.77 bits per heavy atom. The van der Waals surface area contributed by atoms with Crippen molar-refractivity contribution >= 4 is 23.4 Å². The van der Waals surface area contributed by atoms with E-state index in [2.05, 4.69) is 5.32 Å². The Bertz CT molecular complexity index is 589. The van der Waals surface area contributed by atoms with E-state index < -0.39 is 0 Å². The van der Waals surface area contributed by atoms with Gasteiger partial charge in [0.1, 0.15) is 45.1 Å². The van der Waals surface area contributed by atoms with Gasteiger partial charge < -0.3 is 24.8 Å². The van der Waals surface area contributed by atoms with Crippen LogP contribution in [0.1, 0.15) is 0 Å². The highest BCUT2D eigenvalue weighted by atomic mass is 35.5. The highest BCUT2D eigenvalue weighted by Crippen LogP contribution is 2.14. The minimum atomic E-state index is -0.147. The second kappa shape index (κ2) is 10.4. The molecule has 1 aromatic rings. The summed E-state index contributed by atoms with van der Waals surface area (Å²) >= 11 is 5.86. The molecule has 0 unspecified atom stereocenters. The Kier molecular flexibility index (Phi) is 8.15. The number of quaternary nitrogens is 2. The van der Waals surface area contributed by atoms with E-state index in [1.165, 1.54) is 14.7 Å². The van der Waals surface area contributed by atoms with Crippen molar-refractivity contribution in [2.75, 3.05) is 66.5 Å². The molecule has 1 saturated heterocycles. The van der Waals surface area contributed by atoms with Crippen molar-refractivity contribution in [1.82, 2.24) is 10.2 Å². The number of likely N-dealkylation sites (N-methyl/N-ethyl adjacent to an activating group) is 2. The summed E-state index contributed by atoms with van der Waals surface area (Å²) in [6.07, 6.45) is 0. The maximum Gasteiger partial charge on any atom is 0.277 e. The third-order valence-corrected chi connectivity index (χ3v) is 4.94. The van der Waals surface area contributed by atoms with Crippen LogP contribution in [-0.4, -0.2) is 83.2 Å². The van der Waals surface area contributed by atoms with Gasteiger partial charge in [0.05, 0.1) is 6.54 Å². The van der Waals surface area contributed by atoms with Gasteiger partial charge in [-0.2, -0.15) is 0 Å². The van der Waals surface area contributed by atoms with E-state index in [1.54, 1.807) is 14.1 Å². The smallest absolute Gasteiger partial charge is 0.277 e. The average Bonchev–Trinajstić information content (AvgIpc) is 2.64. The van der Waals surface area contributed by atoms with Crippen molar-refractivity contribution in [2.24, 2.45) is 0 Å². The molecule has 0 aromatic heterocycles. The van der Waals surface area contributed by atoms with Crippen LogP contribution in [0, 0.1) is 0 Å². The van der Waals surface area contributed by atoms with Gasteiger partial charge in [0.15, 0.2) is 6.54 Å². The average molecular weight is 385 g/mol. The van der Waals surface area contributed by atoms with Crippen molar-refractivity contribution in [3.8, 4) is 5.75 Å². The first-order chi connectivity index (χ1) is 12.5. The van der Waals surface area contributed by atoms with Gasteiger partial charge in [-0.1, -0.05) is 11.6 Å². The molecule has 8 heteroatoms. The Morgan fingerprint density at radius 1 is 1.15 bits per heavy atom.